The summed E-state index contributed by atoms with van der Waals surface area (Å²) in [4.78, 5) is 14.8. The highest BCUT2D eigenvalue weighted by atomic mass is 32.2. The summed E-state index contributed by atoms with van der Waals surface area (Å²) in [6, 6.07) is 16.2. The monoisotopic (exact) mass is 408 g/mol. The van der Waals surface area contributed by atoms with Crippen molar-refractivity contribution in [3.8, 4) is 5.88 Å². The molecule has 0 saturated carbocycles. The molecule has 5 heteroatoms. The molecule has 0 bridgehead atoms. The van der Waals surface area contributed by atoms with E-state index in [1.54, 1.807) is 11.8 Å². The number of carbonyl (C=O) groups excluding carboxylic acids is 1. The third-order valence-corrected chi connectivity index (χ3v) is 5.59. The molecule has 2 aromatic carbocycles. The third kappa shape index (κ3) is 5.30. The molecule has 0 saturated heterocycles. The van der Waals surface area contributed by atoms with Crippen molar-refractivity contribution in [1.29, 1.82) is 0 Å². The van der Waals surface area contributed by atoms with Gasteiger partial charge in [0, 0.05) is 4.90 Å². The zero-order valence-electron chi connectivity index (χ0n) is 17.9. The number of benzene rings is 2. The molecule has 0 atom stereocenters. The van der Waals surface area contributed by atoms with Crippen LogP contribution in [0.2, 0.25) is 0 Å². The maximum atomic E-state index is 12.8. The molecule has 152 valence electrons. The van der Waals surface area contributed by atoms with Gasteiger partial charge in [0.05, 0.1) is 22.5 Å². The second-order valence-electron chi connectivity index (χ2n) is 8.36. The highest BCUT2D eigenvalue weighted by Crippen LogP contribution is 2.40. The molecule has 0 aliphatic carbocycles. The van der Waals surface area contributed by atoms with E-state index in [9.17, 15) is 4.79 Å². The molecular formula is C24H28N2O2S. The summed E-state index contributed by atoms with van der Waals surface area (Å²) in [6.45, 7) is 12.2. The lowest BCUT2D eigenvalue weighted by Gasteiger charge is -2.22. The largest absolute Gasteiger partial charge is 0.406 e. The molecule has 0 unspecified atom stereocenters. The Morgan fingerprint density at radius 2 is 1.66 bits per heavy atom. The molecule has 0 aliphatic heterocycles. The highest BCUT2D eigenvalue weighted by molar-refractivity contribution is 7.99. The van der Waals surface area contributed by atoms with E-state index in [1.807, 2.05) is 67.9 Å². The quantitative estimate of drug-likeness (QED) is 0.496. The lowest BCUT2D eigenvalue weighted by molar-refractivity contribution is -0.134. The van der Waals surface area contributed by atoms with Crippen molar-refractivity contribution >= 4 is 17.7 Å². The van der Waals surface area contributed by atoms with Gasteiger partial charge in [-0.25, -0.2) is 4.68 Å². The first-order chi connectivity index (χ1) is 13.6. The minimum absolute atomic E-state index is 0.229. The van der Waals surface area contributed by atoms with E-state index in [-0.39, 0.29) is 17.9 Å². The van der Waals surface area contributed by atoms with E-state index in [2.05, 4.69) is 31.9 Å². The normalized spacial score (nSPS) is 11.5. The number of aryl methyl sites for hydroxylation is 3. The molecule has 0 spiro atoms. The van der Waals surface area contributed by atoms with Gasteiger partial charge in [-0.3, -0.25) is 4.79 Å². The minimum atomic E-state index is -0.310. The van der Waals surface area contributed by atoms with E-state index in [0.717, 1.165) is 32.2 Å². The predicted molar refractivity (Wildman–Crippen MR) is 118 cm³/mol. The van der Waals surface area contributed by atoms with Crippen molar-refractivity contribution in [3.63, 3.8) is 0 Å². The second kappa shape index (κ2) is 8.46. The number of esters is 1. The number of nitrogens with zero attached hydrogens (tertiary/aromatic N) is 2. The summed E-state index contributed by atoms with van der Waals surface area (Å²) in [7, 11) is 0. The first-order valence-electron chi connectivity index (χ1n) is 9.74. The Labute approximate surface area is 177 Å². The minimum Gasteiger partial charge on any atom is -0.406 e. The van der Waals surface area contributed by atoms with E-state index < -0.39 is 0 Å². The van der Waals surface area contributed by atoms with Crippen LogP contribution < -0.4 is 4.74 Å². The van der Waals surface area contributed by atoms with E-state index in [4.69, 9.17) is 4.74 Å². The molecule has 3 rings (SSSR count). The van der Waals surface area contributed by atoms with Crippen molar-refractivity contribution in [2.24, 2.45) is 0 Å². The van der Waals surface area contributed by atoms with Crippen LogP contribution in [0.1, 0.15) is 43.2 Å². The molecule has 4 nitrogen and oxygen atoms in total. The van der Waals surface area contributed by atoms with Crippen LogP contribution in [0.3, 0.4) is 0 Å². The van der Waals surface area contributed by atoms with Gasteiger partial charge in [0.15, 0.2) is 0 Å². The van der Waals surface area contributed by atoms with Crippen LogP contribution in [-0.2, 0) is 16.8 Å². The first kappa shape index (κ1) is 21.2. The van der Waals surface area contributed by atoms with Crippen molar-refractivity contribution in [3.05, 3.63) is 70.9 Å². The topological polar surface area (TPSA) is 44.1 Å². The molecular weight excluding hydrogens is 380 g/mol. The zero-order chi connectivity index (χ0) is 21.2. The summed E-state index contributed by atoms with van der Waals surface area (Å²) in [6.07, 6.45) is 0.229. The van der Waals surface area contributed by atoms with Crippen molar-refractivity contribution in [2.75, 3.05) is 0 Å². The number of aromatic nitrogens is 2. The fraction of sp³-hybridized carbons (Fsp3) is 0.333. The van der Waals surface area contributed by atoms with Gasteiger partial charge in [-0.2, -0.15) is 5.10 Å². The Balaban J connectivity index is 1.92. The average molecular weight is 409 g/mol. The summed E-state index contributed by atoms with van der Waals surface area (Å²) in [5.41, 5.74) is 3.79. The fourth-order valence-electron chi connectivity index (χ4n) is 3.24. The van der Waals surface area contributed by atoms with E-state index in [1.165, 1.54) is 0 Å². The van der Waals surface area contributed by atoms with E-state index in [0.29, 0.717) is 5.88 Å². The average Bonchev–Trinajstić information content (AvgIpc) is 2.91. The van der Waals surface area contributed by atoms with Gasteiger partial charge in [0.25, 0.3) is 0 Å². The van der Waals surface area contributed by atoms with Gasteiger partial charge in [-0.15, -0.1) is 0 Å². The van der Waals surface area contributed by atoms with Crippen LogP contribution in [0, 0.1) is 20.8 Å². The molecule has 0 fully saturated rings. The van der Waals surface area contributed by atoms with Crippen LogP contribution in [0.5, 0.6) is 5.88 Å². The Morgan fingerprint density at radius 1 is 1.03 bits per heavy atom. The van der Waals surface area contributed by atoms with Gasteiger partial charge in [0.2, 0.25) is 5.88 Å². The maximum Gasteiger partial charge on any atom is 0.317 e. The van der Waals surface area contributed by atoms with Crippen LogP contribution in [0.25, 0.3) is 0 Å². The molecule has 3 aromatic rings. The molecule has 1 aromatic heterocycles. The number of carbonyl (C=O) groups is 1. The Hall–Kier alpha value is -2.53. The van der Waals surface area contributed by atoms with Crippen LogP contribution in [0.15, 0.2) is 58.3 Å². The third-order valence-electron chi connectivity index (χ3n) is 4.40. The molecule has 0 amide bonds. The number of hydrogen-bond donors (Lipinski definition) is 0. The second-order valence-corrected chi connectivity index (χ2v) is 9.45. The van der Waals surface area contributed by atoms with Crippen molar-refractivity contribution in [1.82, 2.24) is 9.78 Å². The molecule has 0 radical (unpaired) electrons. The Bertz CT molecular complexity index is 997. The molecule has 0 aliphatic rings. The number of ether oxygens (including phenoxy) is 1. The van der Waals surface area contributed by atoms with Crippen LogP contribution >= 0.6 is 11.8 Å². The Kier molecular flexibility index (Phi) is 6.18. The van der Waals surface area contributed by atoms with Crippen molar-refractivity contribution in [2.45, 2.75) is 63.3 Å². The summed E-state index contributed by atoms with van der Waals surface area (Å²) < 4.78 is 7.73. The van der Waals surface area contributed by atoms with Gasteiger partial charge >= 0.3 is 5.97 Å². The zero-order valence-corrected chi connectivity index (χ0v) is 18.8. The maximum absolute atomic E-state index is 12.8. The summed E-state index contributed by atoms with van der Waals surface area (Å²) in [5, 5.41) is 4.68. The number of rotatable bonds is 5. The van der Waals surface area contributed by atoms with Gasteiger partial charge < -0.3 is 4.74 Å². The SMILES string of the molecule is Cc1cc(C)cc(CC(=O)Oc2c(Sc3ccccc3)c(C)nn2C(C)(C)C)c1. The van der Waals surface area contributed by atoms with E-state index >= 15 is 0 Å². The van der Waals surface area contributed by atoms with Gasteiger partial charge in [0.1, 0.15) is 0 Å². The highest BCUT2D eigenvalue weighted by Gasteiger charge is 2.27. The molecule has 1 heterocycles. The number of hydrogen-bond acceptors (Lipinski definition) is 4. The van der Waals surface area contributed by atoms with Crippen molar-refractivity contribution < 1.29 is 9.53 Å². The lowest BCUT2D eigenvalue weighted by Crippen LogP contribution is -2.26. The first-order valence-corrected chi connectivity index (χ1v) is 10.6. The molecule has 29 heavy (non-hydrogen) atoms. The van der Waals surface area contributed by atoms with Gasteiger partial charge in [-0.1, -0.05) is 59.3 Å². The molecule has 0 N–H and O–H groups in total. The smallest absolute Gasteiger partial charge is 0.317 e. The van der Waals surface area contributed by atoms with Crippen LogP contribution in [-0.4, -0.2) is 15.7 Å². The predicted octanol–water partition coefficient (Wildman–Crippen LogP) is 5.86. The van der Waals surface area contributed by atoms with Crippen LogP contribution in [0.4, 0.5) is 0 Å². The summed E-state index contributed by atoms with van der Waals surface area (Å²) in [5.74, 6) is 0.230. The Morgan fingerprint density at radius 3 is 2.24 bits per heavy atom. The summed E-state index contributed by atoms with van der Waals surface area (Å²) >= 11 is 1.57. The fourth-order valence-corrected chi connectivity index (χ4v) is 4.17. The lowest BCUT2D eigenvalue weighted by atomic mass is 10.1. The van der Waals surface area contributed by atoms with Gasteiger partial charge in [-0.05, 0) is 59.2 Å². The standard InChI is InChI=1S/C24H28N2O2S/c1-16-12-17(2)14-19(13-16)15-21(27)28-23-22(29-20-10-8-7-9-11-20)18(3)25-26(23)24(4,5)6/h7-14H,15H2,1-6H3.